The van der Waals surface area contributed by atoms with E-state index < -0.39 is 0 Å². The molecule has 0 saturated heterocycles. The van der Waals surface area contributed by atoms with Crippen LogP contribution in [0.2, 0.25) is 0 Å². The minimum absolute atomic E-state index is 0. The first-order chi connectivity index (χ1) is 5.75. The number of hydrogen-bond acceptors (Lipinski definition) is 4. The zero-order chi connectivity index (χ0) is 8.55. The molecular formula is C6H6N4PSW-. The summed E-state index contributed by atoms with van der Waals surface area (Å²) in [5.74, 6) is 1.47. The number of rotatable bonds is 1. The normalized spacial score (nSPS) is 9.69. The van der Waals surface area contributed by atoms with Crippen molar-refractivity contribution < 1.29 is 21.1 Å². The molecule has 0 aliphatic heterocycles. The van der Waals surface area contributed by atoms with Crippen molar-refractivity contribution in [3.8, 4) is 10.7 Å². The molecule has 1 N–H and O–H groups in total. The minimum Gasteiger partial charge on any atom is -0.375 e. The number of nitrogens with zero attached hydrogens (tertiary/aromatic N) is 3. The van der Waals surface area contributed by atoms with Crippen molar-refractivity contribution in [2.75, 3.05) is 0 Å². The van der Waals surface area contributed by atoms with E-state index in [9.17, 15) is 0 Å². The SMILES string of the molecule is Cc1nc(-c2[c-]nc(P)s2)n[nH]1.[W]. The summed E-state index contributed by atoms with van der Waals surface area (Å²) in [6.45, 7) is 1.86. The van der Waals surface area contributed by atoms with Crippen molar-refractivity contribution in [3.05, 3.63) is 12.0 Å². The van der Waals surface area contributed by atoms with Crippen molar-refractivity contribution in [1.82, 2.24) is 20.2 Å². The summed E-state index contributed by atoms with van der Waals surface area (Å²) < 4.78 is 0.896. The Balaban J connectivity index is 0.000000845. The van der Waals surface area contributed by atoms with Crippen LogP contribution in [0.4, 0.5) is 0 Å². The average Bonchev–Trinajstić information content (AvgIpc) is 2.58. The number of aryl methyl sites for hydroxylation is 1. The molecule has 0 spiro atoms. The third kappa shape index (κ3) is 2.43. The fraction of sp³-hybridized carbons (Fsp3) is 0.167. The van der Waals surface area contributed by atoms with E-state index in [4.69, 9.17) is 0 Å². The molecule has 2 rings (SSSR count). The molecule has 2 aromatic heterocycles. The fourth-order valence-corrected chi connectivity index (χ4v) is 1.79. The third-order valence-corrected chi connectivity index (χ3v) is 2.54. The van der Waals surface area contributed by atoms with Crippen LogP contribution < -0.4 is 4.75 Å². The maximum Gasteiger partial charge on any atom is 0.107 e. The summed E-state index contributed by atoms with van der Waals surface area (Å²) >= 11 is 1.51. The molecule has 4 nitrogen and oxygen atoms in total. The summed E-state index contributed by atoms with van der Waals surface area (Å²) in [7, 11) is 2.52. The molecule has 0 saturated carbocycles. The molecule has 0 aliphatic carbocycles. The minimum atomic E-state index is 0. The van der Waals surface area contributed by atoms with Gasteiger partial charge in [0.1, 0.15) is 5.82 Å². The molecule has 13 heavy (non-hydrogen) atoms. The van der Waals surface area contributed by atoms with Gasteiger partial charge in [0.05, 0.1) is 5.82 Å². The second kappa shape index (κ2) is 4.40. The van der Waals surface area contributed by atoms with Crippen LogP contribution in [-0.2, 0) is 21.1 Å². The number of nitrogens with one attached hydrogen (secondary N) is 1. The molecule has 2 aromatic rings. The number of H-pyrrole nitrogens is 1. The summed E-state index contributed by atoms with van der Waals surface area (Å²) in [6.07, 6.45) is 2.84. The molecule has 0 bridgehead atoms. The fourth-order valence-electron chi connectivity index (χ4n) is 0.796. The smallest absolute Gasteiger partial charge is 0.107 e. The van der Waals surface area contributed by atoms with Crippen LogP contribution in [0.5, 0.6) is 0 Å². The van der Waals surface area contributed by atoms with Crippen LogP contribution in [0.3, 0.4) is 0 Å². The van der Waals surface area contributed by atoms with Gasteiger partial charge in [-0.2, -0.15) is 0 Å². The molecule has 0 aliphatic rings. The monoisotopic (exact) mass is 381 g/mol. The summed E-state index contributed by atoms with van der Waals surface area (Å²) in [5, 5.41) is 6.76. The van der Waals surface area contributed by atoms with Gasteiger partial charge in [-0.25, -0.2) is 16.4 Å². The first-order valence-electron chi connectivity index (χ1n) is 3.29. The molecular weight excluding hydrogens is 375 g/mol. The van der Waals surface area contributed by atoms with Crippen LogP contribution in [-0.4, -0.2) is 20.2 Å². The summed E-state index contributed by atoms with van der Waals surface area (Å²) in [5.41, 5.74) is 0. The first kappa shape index (κ1) is 11.0. The van der Waals surface area contributed by atoms with Gasteiger partial charge in [-0.3, -0.25) is 10.1 Å². The van der Waals surface area contributed by atoms with Crippen molar-refractivity contribution >= 4 is 25.3 Å². The molecule has 1 unspecified atom stereocenters. The quantitative estimate of drug-likeness (QED) is 0.580. The van der Waals surface area contributed by atoms with Gasteiger partial charge in [-0.05, 0) is 11.8 Å². The Bertz CT molecular complexity index is 360. The Morgan fingerprint density at radius 1 is 1.54 bits per heavy atom. The van der Waals surface area contributed by atoms with E-state index in [0.29, 0.717) is 5.82 Å². The Labute approximate surface area is 96.0 Å². The predicted octanol–water partition coefficient (Wildman–Crippen LogP) is 0.535. The van der Waals surface area contributed by atoms with Crippen LogP contribution in [0.15, 0.2) is 0 Å². The van der Waals surface area contributed by atoms with Crippen LogP contribution in [0, 0.1) is 13.1 Å². The molecule has 0 aromatic carbocycles. The van der Waals surface area contributed by atoms with Crippen LogP contribution >= 0.6 is 20.6 Å². The van der Waals surface area contributed by atoms with Gasteiger partial charge in [0.2, 0.25) is 0 Å². The van der Waals surface area contributed by atoms with Crippen LogP contribution in [0.1, 0.15) is 5.82 Å². The van der Waals surface area contributed by atoms with Crippen molar-refractivity contribution in [2.45, 2.75) is 6.92 Å². The average molecular weight is 381 g/mol. The number of hydrogen-bond donors (Lipinski definition) is 1. The van der Waals surface area contributed by atoms with Crippen LogP contribution in [0.25, 0.3) is 10.7 Å². The zero-order valence-electron chi connectivity index (χ0n) is 6.74. The number of aromatic nitrogens is 4. The van der Waals surface area contributed by atoms with Gasteiger partial charge in [0.15, 0.2) is 0 Å². The van der Waals surface area contributed by atoms with Gasteiger partial charge >= 0.3 is 0 Å². The van der Waals surface area contributed by atoms with E-state index in [0.717, 1.165) is 15.5 Å². The zero-order valence-corrected chi connectivity index (χ0v) is 11.6. The first-order valence-corrected chi connectivity index (χ1v) is 4.68. The third-order valence-electron chi connectivity index (χ3n) is 1.27. The molecule has 0 radical (unpaired) electrons. The van der Waals surface area contributed by atoms with Gasteiger partial charge in [-0.1, -0.05) is 6.20 Å². The van der Waals surface area contributed by atoms with E-state index in [1.54, 1.807) is 0 Å². The second-order valence-corrected chi connectivity index (χ2v) is 4.23. The maximum absolute atomic E-state index is 4.16. The van der Waals surface area contributed by atoms with E-state index in [1.807, 2.05) is 6.92 Å². The summed E-state index contributed by atoms with van der Waals surface area (Å²) in [4.78, 5) is 8.99. The van der Waals surface area contributed by atoms with Gasteiger partial charge < -0.3 is 4.98 Å². The topological polar surface area (TPSA) is 54.5 Å². The van der Waals surface area contributed by atoms with Gasteiger partial charge in [0, 0.05) is 25.8 Å². The van der Waals surface area contributed by atoms with Crippen molar-refractivity contribution in [3.63, 3.8) is 0 Å². The summed E-state index contributed by atoms with van der Waals surface area (Å²) in [6, 6.07) is 0. The van der Waals surface area contributed by atoms with Gasteiger partial charge in [0.25, 0.3) is 0 Å². The van der Waals surface area contributed by atoms with E-state index in [1.165, 1.54) is 11.3 Å². The molecule has 0 amide bonds. The number of aromatic amines is 1. The van der Waals surface area contributed by atoms with E-state index in [-0.39, 0.29) is 21.1 Å². The molecule has 2 heterocycles. The molecule has 1 atom stereocenters. The van der Waals surface area contributed by atoms with E-state index in [2.05, 4.69) is 35.6 Å². The predicted molar refractivity (Wildman–Crippen MR) is 50.4 cm³/mol. The maximum atomic E-state index is 4.16. The Morgan fingerprint density at radius 2 is 2.31 bits per heavy atom. The van der Waals surface area contributed by atoms with E-state index >= 15 is 0 Å². The molecule has 7 heteroatoms. The molecule has 0 fully saturated rings. The second-order valence-electron chi connectivity index (χ2n) is 2.24. The largest absolute Gasteiger partial charge is 0.375 e. The Hall–Kier alpha value is -0.112. The Kier molecular flexibility index (Phi) is 3.72. The van der Waals surface area contributed by atoms with Gasteiger partial charge in [-0.15, -0.1) is 9.24 Å². The van der Waals surface area contributed by atoms with Crippen molar-refractivity contribution in [1.29, 1.82) is 0 Å². The number of thiazole rings is 1. The van der Waals surface area contributed by atoms with Crippen molar-refractivity contribution in [2.24, 2.45) is 0 Å². The Morgan fingerprint density at radius 3 is 2.77 bits per heavy atom. The molecule has 68 valence electrons. The standard InChI is InChI=1S/C6H6N4PS.W/c1-3-8-5(10-9-3)4-2-7-6(11)12-4;/h11H2,1H3,(H,8,9,10);/q-1;.